The number of phenols is 1. The molecule has 1 aliphatic heterocycles. The van der Waals surface area contributed by atoms with Crippen LogP contribution < -0.4 is 4.90 Å². The van der Waals surface area contributed by atoms with Crippen molar-refractivity contribution in [3.63, 3.8) is 0 Å². The lowest BCUT2D eigenvalue weighted by molar-refractivity contribution is -0.125. The Kier molecular flexibility index (Phi) is 2.93. The van der Waals surface area contributed by atoms with Gasteiger partial charge < -0.3 is 14.7 Å². The second kappa shape index (κ2) is 4.20. The fourth-order valence-corrected chi connectivity index (χ4v) is 1.83. The number of carbonyl (C=O) groups is 1. The Hall–Kier alpha value is -1.07. The molecular weight excluding hydrogens is 262 g/mol. The largest absolute Gasteiger partial charge is 0.506 e. The molecule has 5 heteroatoms. The zero-order valence-corrected chi connectivity index (χ0v) is 9.53. The number of carbonyl (C=O) groups excluding carboxylic acids is 1. The third-order valence-corrected chi connectivity index (χ3v) is 2.71. The summed E-state index contributed by atoms with van der Waals surface area (Å²) in [7, 11) is 0. The molecule has 0 radical (unpaired) electrons. The summed E-state index contributed by atoms with van der Waals surface area (Å²) in [5.41, 5.74) is 0.526. The lowest BCUT2D eigenvalue weighted by atomic mass is 10.2. The maximum Gasteiger partial charge on any atom is 0.253 e. The molecule has 0 bridgehead atoms. The van der Waals surface area contributed by atoms with Crippen molar-refractivity contribution in [1.29, 1.82) is 0 Å². The summed E-state index contributed by atoms with van der Waals surface area (Å²) < 4.78 is 5.85. The minimum atomic E-state index is -0.130. The van der Waals surface area contributed by atoms with Crippen molar-refractivity contribution in [3.05, 3.63) is 22.7 Å². The second-order valence-corrected chi connectivity index (χ2v) is 4.15. The van der Waals surface area contributed by atoms with Crippen molar-refractivity contribution in [2.45, 2.75) is 0 Å². The van der Waals surface area contributed by atoms with Crippen molar-refractivity contribution in [1.82, 2.24) is 0 Å². The fraction of sp³-hybridized carbons (Fsp3) is 0.300. The number of aromatic hydroxyl groups is 1. The molecule has 4 nitrogen and oxygen atoms in total. The molecule has 1 aromatic rings. The van der Waals surface area contributed by atoms with Crippen LogP contribution in [0, 0.1) is 0 Å². The Morgan fingerprint density at radius 1 is 1.47 bits per heavy atom. The first kappa shape index (κ1) is 10.4. The Morgan fingerprint density at radius 2 is 2.27 bits per heavy atom. The number of phenolic OH excluding ortho intramolecular Hbond substituents is 1. The number of rotatable bonds is 1. The summed E-state index contributed by atoms with van der Waals surface area (Å²) in [6.45, 7) is 1.05. The highest BCUT2D eigenvalue weighted by atomic mass is 79.9. The van der Waals surface area contributed by atoms with E-state index in [1.165, 1.54) is 4.90 Å². The molecule has 0 aromatic heterocycles. The molecule has 0 unspecified atom stereocenters. The lowest BCUT2D eigenvalue weighted by Gasteiger charge is -2.27. The molecule has 80 valence electrons. The van der Waals surface area contributed by atoms with Gasteiger partial charge in [-0.15, -0.1) is 0 Å². The van der Waals surface area contributed by atoms with Crippen LogP contribution in [0.5, 0.6) is 5.75 Å². The average Bonchev–Trinajstić information content (AvgIpc) is 2.23. The Labute approximate surface area is 95.6 Å². The molecular formula is C10H10BrNO3. The Bertz CT molecular complexity index is 394. The molecule has 1 saturated heterocycles. The summed E-state index contributed by atoms with van der Waals surface area (Å²) in [6.07, 6.45) is 0. The molecule has 0 saturated carbocycles. The van der Waals surface area contributed by atoms with E-state index in [0.29, 0.717) is 18.8 Å². The van der Waals surface area contributed by atoms with Gasteiger partial charge in [0, 0.05) is 11.0 Å². The third-order valence-electron chi connectivity index (χ3n) is 2.21. The van der Waals surface area contributed by atoms with Gasteiger partial charge in [-0.1, -0.05) is 15.9 Å². The second-order valence-electron chi connectivity index (χ2n) is 3.23. The van der Waals surface area contributed by atoms with E-state index < -0.39 is 0 Å². The first-order valence-electron chi connectivity index (χ1n) is 4.55. The van der Waals surface area contributed by atoms with E-state index in [2.05, 4.69) is 15.9 Å². The molecule has 1 amide bonds. The quantitative estimate of drug-likeness (QED) is 0.843. The van der Waals surface area contributed by atoms with E-state index >= 15 is 0 Å². The van der Waals surface area contributed by atoms with Gasteiger partial charge in [-0.2, -0.15) is 0 Å². The fourth-order valence-electron chi connectivity index (χ4n) is 1.49. The third kappa shape index (κ3) is 2.13. The highest BCUT2D eigenvalue weighted by molar-refractivity contribution is 9.10. The van der Waals surface area contributed by atoms with Crippen LogP contribution in [-0.2, 0) is 9.53 Å². The van der Waals surface area contributed by atoms with Crippen LogP contribution in [0.2, 0.25) is 0 Å². The maximum absolute atomic E-state index is 11.5. The number of benzene rings is 1. The van der Waals surface area contributed by atoms with Crippen LogP contribution in [0.15, 0.2) is 22.7 Å². The van der Waals surface area contributed by atoms with Crippen LogP contribution in [0.3, 0.4) is 0 Å². The normalized spacial score (nSPS) is 16.9. The van der Waals surface area contributed by atoms with Gasteiger partial charge in [0.1, 0.15) is 12.4 Å². The summed E-state index contributed by atoms with van der Waals surface area (Å²) in [6, 6.07) is 5.00. The van der Waals surface area contributed by atoms with E-state index in [1.54, 1.807) is 18.2 Å². The molecule has 15 heavy (non-hydrogen) atoms. The molecule has 1 N–H and O–H groups in total. The minimum absolute atomic E-state index is 0.0754. The molecule has 2 rings (SSSR count). The predicted molar refractivity (Wildman–Crippen MR) is 59.0 cm³/mol. The lowest BCUT2D eigenvalue weighted by Crippen LogP contribution is -2.41. The van der Waals surface area contributed by atoms with Crippen molar-refractivity contribution < 1.29 is 14.6 Å². The number of hydrogen-bond acceptors (Lipinski definition) is 3. The first-order chi connectivity index (χ1) is 7.18. The summed E-state index contributed by atoms with van der Waals surface area (Å²) >= 11 is 3.30. The van der Waals surface area contributed by atoms with Crippen molar-refractivity contribution in [3.8, 4) is 5.75 Å². The molecule has 1 heterocycles. The number of anilines is 1. The number of ether oxygens (including phenoxy) is 1. The van der Waals surface area contributed by atoms with Crippen molar-refractivity contribution >= 4 is 27.5 Å². The smallest absolute Gasteiger partial charge is 0.253 e. The van der Waals surface area contributed by atoms with Gasteiger partial charge in [0.15, 0.2) is 0 Å². The van der Waals surface area contributed by atoms with Gasteiger partial charge in [-0.3, -0.25) is 4.79 Å². The van der Waals surface area contributed by atoms with Gasteiger partial charge in [-0.25, -0.2) is 0 Å². The van der Waals surface area contributed by atoms with Crippen molar-refractivity contribution in [2.75, 3.05) is 24.7 Å². The highest BCUT2D eigenvalue weighted by Gasteiger charge is 2.22. The van der Waals surface area contributed by atoms with E-state index in [9.17, 15) is 9.90 Å². The number of halogens is 1. The van der Waals surface area contributed by atoms with Crippen LogP contribution in [0.25, 0.3) is 0 Å². The van der Waals surface area contributed by atoms with E-state index in [0.717, 1.165) is 4.47 Å². The number of morpholine rings is 1. The van der Waals surface area contributed by atoms with Gasteiger partial charge in [0.05, 0.1) is 12.3 Å². The number of hydrogen-bond donors (Lipinski definition) is 1. The maximum atomic E-state index is 11.5. The molecule has 0 aliphatic carbocycles. The van der Waals surface area contributed by atoms with Gasteiger partial charge in [0.2, 0.25) is 0 Å². The topological polar surface area (TPSA) is 49.8 Å². The summed E-state index contributed by atoms with van der Waals surface area (Å²) in [5, 5.41) is 9.65. The van der Waals surface area contributed by atoms with Crippen LogP contribution in [0.1, 0.15) is 0 Å². The molecule has 1 fully saturated rings. The minimum Gasteiger partial charge on any atom is -0.506 e. The standard InChI is InChI=1S/C10H10BrNO3/c11-7-1-2-9(13)8(5-7)12-3-4-15-6-10(12)14/h1-2,5,13H,3-4,6H2. The van der Waals surface area contributed by atoms with E-state index in [4.69, 9.17) is 4.74 Å². The predicted octanol–water partition coefficient (Wildman–Crippen LogP) is 1.52. The Balaban J connectivity index is 2.34. The SMILES string of the molecule is O=C1COCCN1c1cc(Br)ccc1O. The molecule has 1 aliphatic rings. The number of amides is 1. The molecule has 1 aromatic carbocycles. The van der Waals surface area contributed by atoms with Gasteiger partial charge >= 0.3 is 0 Å². The first-order valence-corrected chi connectivity index (χ1v) is 5.34. The zero-order valence-electron chi connectivity index (χ0n) is 7.94. The average molecular weight is 272 g/mol. The van der Waals surface area contributed by atoms with Crippen LogP contribution >= 0.6 is 15.9 Å². The zero-order chi connectivity index (χ0) is 10.8. The monoisotopic (exact) mass is 271 g/mol. The van der Waals surface area contributed by atoms with Crippen LogP contribution in [0.4, 0.5) is 5.69 Å². The van der Waals surface area contributed by atoms with Gasteiger partial charge in [-0.05, 0) is 18.2 Å². The number of nitrogens with zero attached hydrogens (tertiary/aromatic N) is 1. The van der Waals surface area contributed by atoms with E-state index in [-0.39, 0.29) is 18.3 Å². The summed E-state index contributed by atoms with van der Waals surface area (Å²) in [5.74, 6) is -0.0249. The molecule has 0 atom stereocenters. The Morgan fingerprint density at radius 3 is 3.00 bits per heavy atom. The molecule has 0 spiro atoms. The van der Waals surface area contributed by atoms with E-state index in [1.807, 2.05) is 0 Å². The van der Waals surface area contributed by atoms with Crippen molar-refractivity contribution in [2.24, 2.45) is 0 Å². The highest BCUT2D eigenvalue weighted by Crippen LogP contribution is 2.31. The summed E-state index contributed by atoms with van der Waals surface area (Å²) in [4.78, 5) is 13.1. The van der Waals surface area contributed by atoms with Crippen LogP contribution in [-0.4, -0.2) is 30.8 Å². The van der Waals surface area contributed by atoms with Gasteiger partial charge in [0.25, 0.3) is 5.91 Å².